The number of hydrazine groups is 1. The van der Waals surface area contributed by atoms with Gasteiger partial charge in [-0.1, -0.05) is 34.1 Å². The first kappa shape index (κ1) is 12.8. The minimum Gasteiger partial charge on any atom is -0.338 e. The number of halogens is 1. The van der Waals surface area contributed by atoms with E-state index in [4.69, 9.17) is 12.2 Å². The van der Waals surface area contributed by atoms with Crippen molar-refractivity contribution in [2.24, 2.45) is 0 Å². The van der Waals surface area contributed by atoms with Crippen molar-refractivity contribution in [3.05, 3.63) is 34.3 Å². The molecule has 1 atom stereocenters. The lowest BCUT2D eigenvalue weighted by atomic mass is 10.0. The molecule has 1 aromatic rings. The average Bonchev–Trinajstić information content (AvgIpc) is 2.56. The Hall–Kier alpha value is -0.650. The van der Waals surface area contributed by atoms with E-state index in [1.54, 1.807) is 0 Å². The predicted octanol–water partition coefficient (Wildman–Crippen LogP) is 2.72. The van der Waals surface area contributed by atoms with Gasteiger partial charge in [0.15, 0.2) is 5.11 Å². The van der Waals surface area contributed by atoms with Gasteiger partial charge >= 0.3 is 0 Å². The third-order valence-corrected chi connectivity index (χ3v) is 3.84. The maximum atomic E-state index is 5.35. The lowest BCUT2D eigenvalue weighted by Gasteiger charge is -2.28. The Labute approximate surface area is 116 Å². The van der Waals surface area contributed by atoms with Gasteiger partial charge in [-0.2, -0.15) is 0 Å². The number of rotatable bonds is 2. The molecule has 0 radical (unpaired) electrons. The van der Waals surface area contributed by atoms with Crippen LogP contribution in [0.2, 0.25) is 0 Å². The van der Waals surface area contributed by atoms with E-state index in [2.05, 4.69) is 53.5 Å². The van der Waals surface area contributed by atoms with Crippen molar-refractivity contribution in [2.45, 2.75) is 32.5 Å². The number of thiocarbonyl (C=S) groups is 1. The quantitative estimate of drug-likeness (QED) is 0.821. The Kier molecular flexibility index (Phi) is 3.43. The summed E-state index contributed by atoms with van der Waals surface area (Å²) in [6, 6.07) is 8.46. The van der Waals surface area contributed by atoms with Crippen LogP contribution < -0.4 is 10.7 Å². The van der Waals surface area contributed by atoms with Crippen LogP contribution in [0.1, 0.15) is 26.3 Å². The molecule has 17 heavy (non-hydrogen) atoms. The van der Waals surface area contributed by atoms with Crippen molar-refractivity contribution in [3.8, 4) is 0 Å². The molecule has 1 fully saturated rings. The molecule has 0 bridgehead atoms. The second kappa shape index (κ2) is 4.55. The Balaban J connectivity index is 2.34. The van der Waals surface area contributed by atoms with E-state index in [9.17, 15) is 0 Å². The minimum absolute atomic E-state index is 0.319. The minimum atomic E-state index is -0.360. The highest BCUT2D eigenvalue weighted by Gasteiger charge is 2.39. The third kappa shape index (κ3) is 2.32. The fraction of sp³-hybridized carbons (Fsp3) is 0.417. The molecule has 0 aromatic heterocycles. The maximum Gasteiger partial charge on any atom is 0.185 e. The SMILES string of the molecule is CC(C)N1N[C@](C)(c2ccccc2Br)NC1=S. The number of hydrogen-bond acceptors (Lipinski definition) is 2. The highest BCUT2D eigenvalue weighted by atomic mass is 79.9. The number of benzene rings is 1. The molecule has 92 valence electrons. The lowest BCUT2D eigenvalue weighted by molar-refractivity contribution is 0.202. The molecule has 0 saturated carbocycles. The largest absolute Gasteiger partial charge is 0.338 e. The fourth-order valence-electron chi connectivity index (χ4n) is 1.95. The fourth-order valence-corrected chi connectivity index (χ4v) is 3.09. The highest BCUT2D eigenvalue weighted by molar-refractivity contribution is 9.10. The summed E-state index contributed by atoms with van der Waals surface area (Å²) >= 11 is 8.92. The van der Waals surface area contributed by atoms with Crippen molar-refractivity contribution in [3.63, 3.8) is 0 Å². The summed E-state index contributed by atoms with van der Waals surface area (Å²) in [7, 11) is 0. The molecule has 0 amide bonds. The van der Waals surface area contributed by atoms with E-state index in [-0.39, 0.29) is 5.66 Å². The zero-order chi connectivity index (χ0) is 12.6. The van der Waals surface area contributed by atoms with E-state index in [0.29, 0.717) is 6.04 Å². The zero-order valence-electron chi connectivity index (χ0n) is 10.1. The van der Waals surface area contributed by atoms with Gasteiger partial charge in [-0.25, -0.2) is 5.43 Å². The molecule has 1 heterocycles. The maximum absolute atomic E-state index is 5.35. The summed E-state index contributed by atoms with van der Waals surface area (Å²) in [5, 5.41) is 6.05. The molecule has 1 aliphatic rings. The van der Waals surface area contributed by atoms with Crippen molar-refractivity contribution >= 4 is 33.3 Å². The number of nitrogens with one attached hydrogen (secondary N) is 2. The normalized spacial score (nSPS) is 24.3. The molecule has 0 aliphatic carbocycles. The van der Waals surface area contributed by atoms with Crippen LogP contribution in [0, 0.1) is 0 Å². The predicted molar refractivity (Wildman–Crippen MR) is 77.3 cm³/mol. The van der Waals surface area contributed by atoms with Crippen LogP contribution in [0.5, 0.6) is 0 Å². The van der Waals surface area contributed by atoms with E-state index in [1.807, 2.05) is 23.2 Å². The Bertz CT molecular complexity index is 449. The van der Waals surface area contributed by atoms with E-state index in [0.717, 1.165) is 15.1 Å². The molecule has 0 spiro atoms. The monoisotopic (exact) mass is 313 g/mol. The van der Waals surface area contributed by atoms with Gasteiger partial charge in [-0.15, -0.1) is 0 Å². The van der Waals surface area contributed by atoms with Crippen molar-refractivity contribution in [1.29, 1.82) is 0 Å². The Morgan fingerprint density at radius 3 is 2.53 bits per heavy atom. The van der Waals surface area contributed by atoms with E-state index in [1.165, 1.54) is 0 Å². The van der Waals surface area contributed by atoms with E-state index >= 15 is 0 Å². The molecular formula is C12H16BrN3S. The zero-order valence-corrected chi connectivity index (χ0v) is 12.5. The van der Waals surface area contributed by atoms with Crippen LogP contribution >= 0.6 is 28.1 Å². The summed E-state index contributed by atoms with van der Waals surface area (Å²) in [5.74, 6) is 0. The first-order valence-electron chi connectivity index (χ1n) is 5.58. The van der Waals surface area contributed by atoms with Gasteiger partial charge in [-0.3, -0.25) is 5.01 Å². The second-order valence-corrected chi connectivity index (χ2v) is 5.85. The highest BCUT2D eigenvalue weighted by Crippen LogP contribution is 2.29. The summed E-state index contributed by atoms with van der Waals surface area (Å²) in [5.41, 5.74) is 4.21. The van der Waals surface area contributed by atoms with Gasteiger partial charge in [0.1, 0.15) is 5.66 Å². The van der Waals surface area contributed by atoms with E-state index < -0.39 is 0 Å². The smallest absolute Gasteiger partial charge is 0.185 e. The first-order valence-corrected chi connectivity index (χ1v) is 6.78. The number of hydrogen-bond donors (Lipinski definition) is 2. The Morgan fingerprint density at radius 1 is 1.35 bits per heavy atom. The molecule has 2 N–H and O–H groups in total. The topological polar surface area (TPSA) is 27.3 Å². The van der Waals surface area contributed by atoms with Crippen molar-refractivity contribution < 1.29 is 0 Å². The summed E-state index contributed by atoms with van der Waals surface area (Å²) in [6.07, 6.45) is 0. The van der Waals surface area contributed by atoms with Crippen molar-refractivity contribution in [2.75, 3.05) is 0 Å². The molecule has 1 saturated heterocycles. The molecule has 2 rings (SSSR count). The van der Waals surface area contributed by atoms with Crippen LogP contribution in [-0.4, -0.2) is 16.2 Å². The van der Waals surface area contributed by atoms with Gasteiger partial charge in [0, 0.05) is 16.1 Å². The standard InChI is InChI=1S/C12H16BrN3S/c1-8(2)16-11(17)14-12(3,15-16)9-6-4-5-7-10(9)13/h4-8,15H,1-3H3,(H,14,17)/t12-/m1/s1. The van der Waals surface area contributed by atoms with Crippen LogP contribution in [0.15, 0.2) is 28.7 Å². The summed E-state index contributed by atoms with van der Waals surface area (Å²) in [4.78, 5) is 0. The van der Waals surface area contributed by atoms with Gasteiger partial charge < -0.3 is 5.32 Å². The molecule has 5 heteroatoms. The molecule has 0 unspecified atom stereocenters. The molecular weight excluding hydrogens is 298 g/mol. The third-order valence-electron chi connectivity index (χ3n) is 2.85. The summed E-state index contributed by atoms with van der Waals surface area (Å²) < 4.78 is 1.07. The second-order valence-electron chi connectivity index (χ2n) is 4.61. The average molecular weight is 314 g/mol. The van der Waals surface area contributed by atoms with Crippen LogP contribution in [0.3, 0.4) is 0 Å². The lowest BCUT2D eigenvalue weighted by Crippen LogP contribution is -2.47. The van der Waals surface area contributed by atoms with Crippen LogP contribution in [0.25, 0.3) is 0 Å². The molecule has 3 nitrogen and oxygen atoms in total. The van der Waals surface area contributed by atoms with Gasteiger partial charge in [0.2, 0.25) is 0 Å². The van der Waals surface area contributed by atoms with Gasteiger partial charge in [0.05, 0.1) is 0 Å². The van der Waals surface area contributed by atoms with Crippen LogP contribution in [-0.2, 0) is 5.66 Å². The molecule has 1 aliphatic heterocycles. The van der Waals surface area contributed by atoms with Crippen molar-refractivity contribution in [1.82, 2.24) is 15.8 Å². The number of nitrogens with zero attached hydrogens (tertiary/aromatic N) is 1. The van der Waals surface area contributed by atoms with Gasteiger partial charge in [0.25, 0.3) is 0 Å². The molecule has 1 aromatic carbocycles. The van der Waals surface area contributed by atoms with Crippen LogP contribution in [0.4, 0.5) is 0 Å². The Morgan fingerprint density at radius 2 is 2.00 bits per heavy atom. The van der Waals surface area contributed by atoms with Gasteiger partial charge in [-0.05, 0) is 39.1 Å². The first-order chi connectivity index (χ1) is 7.94. The summed E-state index contributed by atoms with van der Waals surface area (Å²) in [6.45, 7) is 6.29.